The first-order valence-corrected chi connectivity index (χ1v) is 9.76. The van der Waals surface area contributed by atoms with Crippen LogP contribution in [-0.4, -0.2) is 34.1 Å². The molecule has 28 heavy (non-hydrogen) atoms. The van der Waals surface area contributed by atoms with Crippen LogP contribution in [0.5, 0.6) is 0 Å². The number of hydrogen-bond acceptors (Lipinski definition) is 4. The van der Waals surface area contributed by atoms with E-state index < -0.39 is 0 Å². The summed E-state index contributed by atoms with van der Waals surface area (Å²) in [5.41, 5.74) is 3.44. The highest BCUT2D eigenvalue weighted by Crippen LogP contribution is 2.19. The van der Waals surface area contributed by atoms with E-state index in [1.54, 1.807) is 0 Å². The van der Waals surface area contributed by atoms with E-state index in [0.717, 1.165) is 42.9 Å². The van der Waals surface area contributed by atoms with Crippen LogP contribution in [-0.2, 0) is 0 Å². The van der Waals surface area contributed by atoms with Crippen LogP contribution in [0.3, 0.4) is 0 Å². The Kier molecular flexibility index (Phi) is 6.73. The van der Waals surface area contributed by atoms with Crippen molar-refractivity contribution >= 4 is 17.4 Å². The summed E-state index contributed by atoms with van der Waals surface area (Å²) < 4.78 is 0. The number of carbonyl (C=O) groups excluding carboxylic acids is 1. The summed E-state index contributed by atoms with van der Waals surface area (Å²) in [4.78, 5) is 14.5. The van der Waals surface area contributed by atoms with Crippen molar-refractivity contribution in [3.63, 3.8) is 0 Å². The molecule has 0 aliphatic carbocycles. The van der Waals surface area contributed by atoms with Gasteiger partial charge in [-0.15, -0.1) is 10.2 Å². The Labute approximate surface area is 166 Å². The standard InChI is InChI=1S/C23H26N4O/c1-3-5-17-27(4-2)23(28)19-11-13-20(14-12-19)24-22-16-15-21(25-26-22)18-9-7-6-8-10-18/h6-16H,3-5,17H2,1-2H3,(H,24,26). The van der Waals surface area contributed by atoms with Gasteiger partial charge in [-0.2, -0.15) is 0 Å². The molecule has 0 saturated heterocycles. The van der Waals surface area contributed by atoms with Gasteiger partial charge in [0, 0.05) is 29.9 Å². The van der Waals surface area contributed by atoms with Crippen molar-refractivity contribution in [2.45, 2.75) is 26.7 Å². The zero-order chi connectivity index (χ0) is 19.8. The molecule has 0 saturated carbocycles. The minimum absolute atomic E-state index is 0.0782. The second-order valence-electron chi connectivity index (χ2n) is 6.61. The molecule has 0 fully saturated rings. The third-order valence-corrected chi connectivity index (χ3v) is 4.59. The largest absolute Gasteiger partial charge is 0.339 e. The highest BCUT2D eigenvalue weighted by molar-refractivity contribution is 5.94. The highest BCUT2D eigenvalue weighted by atomic mass is 16.2. The summed E-state index contributed by atoms with van der Waals surface area (Å²) in [6.45, 7) is 5.67. The third kappa shape index (κ3) is 4.94. The molecule has 0 atom stereocenters. The van der Waals surface area contributed by atoms with Gasteiger partial charge in [-0.1, -0.05) is 43.7 Å². The summed E-state index contributed by atoms with van der Waals surface area (Å²) in [6.07, 6.45) is 2.10. The van der Waals surface area contributed by atoms with Crippen molar-refractivity contribution in [1.29, 1.82) is 0 Å². The lowest BCUT2D eigenvalue weighted by atomic mass is 10.1. The van der Waals surface area contributed by atoms with Crippen LogP contribution in [0.4, 0.5) is 11.5 Å². The van der Waals surface area contributed by atoms with E-state index in [0.29, 0.717) is 11.4 Å². The summed E-state index contributed by atoms with van der Waals surface area (Å²) in [7, 11) is 0. The highest BCUT2D eigenvalue weighted by Gasteiger charge is 2.13. The molecule has 1 aromatic heterocycles. The first-order valence-electron chi connectivity index (χ1n) is 9.76. The molecule has 2 aromatic carbocycles. The second-order valence-corrected chi connectivity index (χ2v) is 6.61. The van der Waals surface area contributed by atoms with E-state index in [1.807, 2.05) is 78.6 Å². The van der Waals surface area contributed by atoms with E-state index in [1.165, 1.54) is 0 Å². The van der Waals surface area contributed by atoms with Crippen LogP contribution >= 0.6 is 0 Å². The SMILES string of the molecule is CCCCN(CC)C(=O)c1ccc(Nc2ccc(-c3ccccc3)nn2)cc1. The van der Waals surface area contributed by atoms with Crippen LogP contribution in [0, 0.1) is 0 Å². The number of aromatic nitrogens is 2. The molecule has 1 amide bonds. The quantitative estimate of drug-likeness (QED) is 0.592. The van der Waals surface area contributed by atoms with Crippen molar-refractivity contribution in [1.82, 2.24) is 15.1 Å². The lowest BCUT2D eigenvalue weighted by molar-refractivity contribution is 0.0762. The molecule has 1 heterocycles. The van der Waals surface area contributed by atoms with Crippen molar-refractivity contribution in [2.24, 2.45) is 0 Å². The molecule has 0 radical (unpaired) electrons. The van der Waals surface area contributed by atoms with Gasteiger partial charge in [-0.25, -0.2) is 0 Å². The fourth-order valence-corrected chi connectivity index (χ4v) is 2.94. The topological polar surface area (TPSA) is 58.1 Å². The maximum Gasteiger partial charge on any atom is 0.253 e. The lowest BCUT2D eigenvalue weighted by Gasteiger charge is -2.20. The maximum atomic E-state index is 12.6. The van der Waals surface area contributed by atoms with Crippen LogP contribution < -0.4 is 5.32 Å². The molecule has 144 valence electrons. The Hall–Kier alpha value is -3.21. The zero-order valence-electron chi connectivity index (χ0n) is 16.4. The van der Waals surface area contributed by atoms with E-state index in [2.05, 4.69) is 22.4 Å². The van der Waals surface area contributed by atoms with Gasteiger partial charge >= 0.3 is 0 Å². The molecule has 1 N–H and O–H groups in total. The Morgan fingerprint density at radius 1 is 0.929 bits per heavy atom. The summed E-state index contributed by atoms with van der Waals surface area (Å²) in [6, 6.07) is 21.3. The molecular weight excluding hydrogens is 348 g/mol. The molecule has 0 bridgehead atoms. The number of nitrogens with zero attached hydrogens (tertiary/aromatic N) is 3. The second kappa shape index (κ2) is 9.65. The van der Waals surface area contributed by atoms with Gasteiger partial charge in [0.05, 0.1) is 5.69 Å². The molecule has 5 heteroatoms. The number of carbonyl (C=O) groups is 1. The van der Waals surface area contributed by atoms with Crippen LogP contribution in [0.1, 0.15) is 37.0 Å². The first kappa shape index (κ1) is 19.5. The number of nitrogens with one attached hydrogen (secondary N) is 1. The number of anilines is 2. The molecule has 0 spiro atoms. The van der Waals surface area contributed by atoms with Crippen LogP contribution in [0.2, 0.25) is 0 Å². The Bertz CT molecular complexity index is 877. The molecule has 3 rings (SSSR count). The van der Waals surface area contributed by atoms with Crippen molar-refractivity contribution < 1.29 is 4.79 Å². The van der Waals surface area contributed by atoms with Gasteiger partial charge < -0.3 is 10.2 Å². The average Bonchev–Trinajstić information content (AvgIpc) is 2.76. The molecule has 0 aliphatic heterocycles. The number of hydrogen-bond donors (Lipinski definition) is 1. The maximum absolute atomic E-state index is 12.6. The minimum atomic E-state index is 0.0782. The predicted octanol–water partition coefficient (Wildman–Crippen LogP) is 5.15. The molecular formula is C23H26N4O. The Morgan fingerprint density at radius 2 is 1.68 bits per heavy atom. The fraction of sp³-hybridized carbons (Fsp3) is 0.261. The zero-order valence-corrected chi connectivity index (χ0v) is 16.4. The van der Waals surface area contributed by atoms with Gasteiger partial charge in [0.2, 0.25) is 0 Å². The third-order valence-electron chi connectivity index (χ3n) is 4.59. The van der Waals surface area contributed by atoms with E-state index in [4.69, 9.17) is 0 Å². The number of unbranched alkanes of at least 4 members (excludes halogenated alkanes) is 1. The first-order chi connectivity index (χ1) is 13.7. The Morgan fingerprint density at radius 3 is 2.29 bits per heavy atom. The average molecular weight is 374 g/mol. The predicted molar refractivity (Wildman–Crippen MR) is 114 cm³/mol. The lowest BCUT2D eigenvalue weighted by Crippen LogP contribution is -2.31. The summed E-state index contributed by atoms with van der Waals surface area (Å²) in [5, 5.41) is 11.8. The van der Waals surface area contributed by atoms with Gasteiger partial charge in [0.15, 0.2) is 5.82 Å². The molecule has 5 nitrogen and oxygen atoms in total. The number of benzene rings is 2. The van der Waals surface area contributed by atoms with Gasteiger partial charge in [0.1, 0.15) is 0 Å². The summed E-state index contributed by atoms with van der Waals surface area (Å²) >= 11 is 0. The normalized spacial score (nSPS) is 10.5. The van der Waals surface area contributed by atoms with Crippen molar-refractivity contribution in [3.05, 3.63) is 72.3 Å². The number of amides is 1. The van der Waals surface area contributed by atoms with Gasteiger partial charge in [-0.3, -0.25) is 4.79 Å². The van der Waals surface area contributed by atoms with E-state index >= 15 is 0 Å². The van der Waals surface area contributed by atoms with E-state index in [9.17, 15) is 4.79 Å². The fourth-order valence-electron chi connectivity index (χ4n) is 2.94. The van der Waals surface area contributed by atoms with Gasteiger partial charge in [0.25, 0.3) is 5.91 Å². The monoisotopic (exact) mass is 374 g/mol. The van der Waals surface area contributed by atoms with E-state index in [-0.39, 0.29) is 5.91 Å². The number of rotatable bonds is 8. The van der Waals surface area contributed by atoms with Crippen LogP contribution in [0.15, 0.2) is 66.7 Å². The smallest absolute Gasteiger partial charge is 0.253 e. The summed E-state index contributed by atoms with van der Waals surface area (Å²) in [5.74, 6) is 0.742. The van der Waals surface area contributed by atoms with Gasteiger partial charge in [-0.05, 0) is 49.7 Å². The molecule has 3 aromatic rings. The minimum Gasteiger partial charge on any atom is -0.339 e. The van der Waals surface area contributed by atoms with Crippen molar-refractivity contribution in [3.8, 4) is 11.3 Å². The Balaban J connectivity index is 1.65. The molecule has 0 aliphatic rings. The molecule has 0 unspecified atom stereocenters. The van der Waals surface area contributed by atoms with Crippen molar-refractivity contribution in [2.75, 3.05) is 18.4 Å². The van der Waals surface area contributed by atoms with Crippen LogP contribution in [0.25, 0.3) is 11.3 Å².